The Balaban J connectivity index is 2.66. The summed E-state index contributed by atoms with van der Waals surface area (Å²) in [4.78, 5) is 0. The largest absolute Gasteiger partial charge is 0.490 e. The van der Waals surface area contributed by atoms with Crippen molar-refractivity contribution in [2.24, 2.45) is 0 Å². The van der Waals surface area contributed by atoms with Crippen LogP contribution in [0.4, 0.5) is 15.8 Å². The van der Waals surface area contributed by atoms with Gasteiger partial charge in [-0.2, -0.15) is 0 Å². The molecule has 0 spiro atoms. The molecule has 0 radical (unpaired) electrons. The van der Waals surface area contributed by atoms with E-state index < -0.39 is 5.82 Å². The Morgan fingerprint density at radius 1 is 1.42 bits per heavy atom. The van der Waals surface area contributed by atoms with E-state index in [1.54, 1.807) is 6.07 Å². The highest BCUT2D eigenvalue weighted by Crippen LogP contribution is 2.28. The maximum absolute atomic E-state index is 13.6. The number of ether oxygens (including phenoxy) is 1. The van der Waals surface area contributed by atoms with Crippen molar-refractivity contribution in [3.63, 3.8) is 0 Å². The molecule has 0 amide bonds. The van der Waals surface area contributed by atoms with Crippen molar-refractivity contribution >= 4 is 11.4 Å². The predicted octanol–water partition coefficient (Wildman–Crippen LogP) is 2.77. The zero-order valence-electron chi connectivity index (χ0n) is 11.6. The number of anilines is 2. The number of rotatable bonds is 8. The molecular weight excluding hydrogens is 247 g/mol. The fourth-order valence-electron chi connectivity index (χ4n) is 1.62. The van der Waals surface area contributed by atoms with Gasteiger partial charge in [-0.05, 0) is 19.3 Å². The van der Waals surface area contributed by atoms with Gasteiger partial charge in [0.2, 0.25) is 0 Å². The van der Waals surface area contributed by atoms with E-state index in [4.69, 9.17) is 10.5 Å². The quantitative estimate of drug-likeness (QED) is 0.635. The number of benzene rings is 1. The van der Waals surface area contributed by atoms with Gasteiger partial charge in [0, 0.05) is 18.7 Å². The maximum Gasteiger partial charge on any atom is 0.167 e. The average molecular weight is 270 g/mol. The molecule has 4 nitrogen and oxygen atoms in total. The number of aliphatic hydroxyl groups excluding tert-OH is 1. The van der Waals surface area contributed by atoms with Crippen LogP contribution in [0.15, 0.2) is 12.1 Å². The summed E-state index contributed by atoms with van der Waals surface area (Å²) in [6.07, 6.45) is 1.82. The van der Waals surface area contributed by atoms with Crippen LogP contribution >= 0.6 is 0 Å². The van der Waals surface area contributed by atoms with Crippen molar-refractivity contribution < 1.29 is 14.2 Å². The molecule has 4 N–H and O–H groups in total. The molecule has 0 saturated carbocycles. The standard InChI is InChI=1S/C14H23FN2O2/c1-3-7-19-14-9-13(12(16)8-11(14)15)17-6-5-10(18)4-2/h8-10,17-18H,3-7,16H2,1-2H3. The van der Waals surface area contributed by atoms with Gasteiger partial charge in [0.15, 0.2) is 11.6 Å². The van der Waals surface area contributed by atoms with Gasteiger partial charge in [-0.1, -0.05) is 13.8 Å². The highest BCUT2D eigenvalue weighted by molar-refractivity contribution is 5.68. The third kappa shape index (κ3) is 4.95. The number of nitrogens with two attached hydrogens (primary N) is 1. The Kier molecular flexibility index (Phi) is 6.42. The topological polar surface area (TPSA) is 67.5 Å². The van der Waals surface area contributed by atoms with Gasteiger partial charge < -0.3 is 20.9 Å². The number of halogens is 1. The van der Waals surface area contributed by atoms with E-state index in [1.165, 1.54) is 6.07 Å². The molecule has 5 heteroatoms. The Morgan fingerprint density at radius 3 is 2.79 bits per heavy atom. The van der Waals surface area contributed by atoms with Gasteiger partial charge in [-0.25, -0.2) is 4.39 Å². The van der Waals surface area contributed by atoms with Gasteiger partial charge in [0.1, 0.15) is 0 Å². The first-order valence-corrected chi connectivity index (χ1v) is 6.72. The van der Waals surface area contributed by atoms with E-state index in [0.29, 0.717) is 37.4 Å². The van der Waals surface area contributed by atoms with Crippen molar-refractivity contribution in [3.8, 4) is 5.75 Å². The van der Waals surface area contributed by atoms with Crippen LogP contribution in [0.1, 0.15) is 33.1 Å². The molecule has 0 aromatic heterocycles. The Bertz CT molecular complexity index is 399. The van der Waals surface area contributed by atoms with Crippen LogP contribution in [0.3, 0.4) is 0 Å². The SMILES string of the molecule is CCCOc1cc(NCCC(O)CC)c(N)cc1F. The predicted molar refractivity (Wildman–Crippen MR) is 76.0 cm³/mol. The monoisotopic (exact) mass is 270 g/mol. The molecule has 108 valence electrons. The zero-order chi connectivity index (χ0) is 14.3. The second-order valence-corrected chi connectivity index (χ2v) is 4.50. The molecule has 0 bridgehead atoms. The van der Waals surface area contributed by atoms with E-state index in [9.17, 15) is 9.50 Å². The lowest BCUT2D eigenvalue weighted by atomic mass is 10.2. The lowest BCUT2D eigenvalue weighted by Crippen LogP contribution is -2.13. The van der Waals surface area contributed by atoms with E-state index in [0.717, 1.165) is 6.42 Å². The molecule has 0 heterocycles. The van der Waals surface area contributed by atoms with E-state index in [2.05, 4.69) is 5.32 Å². The van der Waals surface area contributed by atoms with Gasteiger partial charge >= 0.3 is 0 Å². The van der Waals surface area contributed by atoms with Crippen molar-refractivity contribution in [2.45, 2.75) is 39.2 Å². The highest BCUT2D eigenvalue weighted by atomic mass is 19.1. The maximum atomic E-state index is 13.6. The van der Waals surface area contributed by atoms with Gasteiger partial charge in [0.25, 0.3) is 0 Å². The Labute approximate surface area is 113 Å². The van der Waals surface area contributed by atoms with Crippen LogP contribution < -0.4 is 15.8 Å². The molecule has 0 saturated heterocycles. The molecule has 1 aromatic rings. The molecule has 0 fully saturated rings. The highest BCUT2D eigenvalue weighted by Gasteiger charge is 2.09. The van der Waals surface area contributed by atoms with Gasteiger partial charge in [-0.15, -0.1) is 0 Å². The minimum Gasteiger partial charge on any atom is -0.490 e. The minimum atomic E-state index is -0.454. The summed E-state index contributed by atoms with van der Waals surface area (Å²) in [7, 11) is 0. The first kappa shape index (κ1) is 15.6. The molecule has 1 atom stereocenters. The van der Waals surface area contributed by atoms with Gasteiger partial charge in [-0.3, -0.25) is 0 Å². The van der Waals surface area contributed by atoms with Crippen LogP contribution in [-0.4, -0.2) is 24.4 Å². The third-order valence-corrected chi connectivity index (χ3v) is 2.83. The fourth-order valence-corrected chi connectivity index (χ4v) is 1.62. The molecule has 19 heavy (non-hydrogen) atoms. The van der Waals surface area contributed by atoms with E-state index >= 15 is 0 Å². The van der Waals surface area contributed by atoms with E-state index in [1.807, 2.05) is 13.8 Å². The van der Waals surface area contributed by atoms with Crippen molar-refractivity contribution in [3.05, 3.63) is 17.9 Å². The van der Waals surface area contributed by atoms with Crippen LogP contribution in [-0.2, 0) is 0 Å². The summed E-state index contributed by atoms with van der Waals surface area (Å²) in [6.45, 7) is 4.93. The van der Waals surface area contributed by atoms with Crippen molar-refractivity contribution in [1.82, 2.24) is 0 Å². The zero-order valence-corrected chi connectivity index (χ0v) is 11.6. The molecule has 0 aliphatic carbocycles. The second kappa shape index (κ2) is 7.84. The summed E-state index contributed by atoms with van der Waals surface area (Å²) in [6, 6.07) is 2.82. The molecule has 1 unspecified atom stereocenters. The lowest BCUT2D eigenvalue weighted by Gasteiger charge is -2.14. The summed E-state index contributed by atoms with van der Waals surface area (Å²) in [5.41, 5.74) is 6.72. The number of nitrogen functional groups attached to an aromatic ring is 1. The number of nitrogens with one attached hydrogen (secondary N) is 1. The Morgan fingerprint density at radius 2 is 2.16 bits per heavy atom. The summed E-state index contributed by atoms with van der Waals surface area (Å²) in [5, 5.41) is 12.6. The molecule has 0 aliphatic rings. The molecule has 0 aliphatic heterocycles. The first-order chi connectivity index (χ1) is 9.08. The van der Waals surface area contributed by atoms with Crippen molar-refractivity contribution in [2.75, 3.05) is 24.2 Å². The lowest BCUT2D eigenvalue weighted by molar-refractivity contribution is 0.164. The van der Waals surface area contributed by atoms with Crippen LogP contribution in [0.5, 0.6) is 5.75 Å². The minimum absolute atomic E-state index is 0.203. The van der Waals surface area contributed by atoms with Crippen molar-refractivity contribution in [1.29, 1.82) is 0 Å². The Hall–Kier alpha value is -1.49. The summed E-state index contributed by atoms with van der Waals surface area (Å²) >= 11 is 0. The van der Waals surface area contributed by atoms with Crippen LogP contribution in [0.25, 0.3) is 0 Å². The third-order valence-electron chi connectivity index (χ3n) is 2.83. The van der Waals surface area contributed by atoms with E-state index in [-0.39, 0.29) is 11.9 Å². The average Bonchev–Trinajstić information content (AvgIpc) is 2.39. The summed E-state index contributed by atoms with van der Waals surface area (Å²) < 4.78 is 18.9. The summed E-state index contributed by atoms with van der Waals surface area (Å²) in [5.74, 6) is -0.250. The fraction of sp³-hybridized carbons (Fsp3) is 0.571. The second-order valence-electron chi connectivity index (χ2n) is 4.50. The molecule has 1 rings (SSSR count). The number of aliphatic hydroxyl groups is 1. The number of hydrogen-bond donors (Lipinski definition) is 3. The molecule has 1 aromatic carbocycles. The first-order valence-electron chi connectivity index (χ1n) is 6.72. The van der Waals surface area contributed by atoms with Crippen LogP contribution in [0, 0.1) is 5.82 Å². The smallest absolute Gasteiger partial charge is 0.167 e. The van der Waals surface area contributed by atoms with Gasteiger partial charge in [0.05, 0.1) is 24.1 Å². The normalized spacial score (nSPS) is 12.2. The van der Waals surface area contributed by atoms with Crippen LogP contribution in [0.2, 0.25) is 0 Å². The number of hydrogen-bond acceptors (Lipinski definition) is 4. The molecular formula is C14H23FN2O2.